The lowest BCUT2D eigenvalue weighted by atomic mass is 10.1. The SMILES string of the molecule is CCCCCC(NN)c1cnc(C)s1. The van der Waals surface area contributed by atoms with Crippen LogP contribution < -0.4 is 11.3 Å². The molecule has 0 saturated carbocycles. The van der Waals surface area contributed by atoms with Gasteiger partial charge in [0.05, 0.1) is 11.0 Å². The highest BCUT2D eigenvalue weighted by molar-refractivity contribution is 7.11. The third-order valence-electron chi connectivity index (χ3n) is 2.28. The number of nitrogens with two attached hydrogens (primary N) is 1. The summed E-state index contributed by atoms with van der Waals surface area (Å²) in [4.78, 5) is 5.49. The second-order valence-electron chi connectivity index (χ2n) is 3.50. The van der Waals surface area contributed by atoms with Crippen molar-refractivity contribution in [3.63, 3.8) is 0 Å². The van der Waals surface area contributed by atoms with E-state index in [1.54, 1.807) is 11.3 Å². The quantitative estimate of drug-likeness (QED) is 0.434. The molecule has 0 bridgehead atoms. The normalized spacial score (nSPS) is 13.1. The fourth-order valence-electron chi connectivity index (χ4n) is 1.45. The van der Waals surface area contributed by atoms with Crippen molar-refractivity contribution in [2.75, 3.05) is 0 Å². The van der Waals surface area contributed by atoms with Gasteiger partial charge in [0.2, 0.25) is 0 Å². The zero-order valence-electron chi connectivity index (χ0n) is 8.92. The summed E-state index contributed by atoms with van der Waals surface area (Å²) in [6, 6.07) is 0.285. The lowest BCUT2D eigenvalue weighted by Gasteiger charge is -2.12. The van der Waals surface area contributed by atoms with E-state index in [0.717, 1.165) is 11.4 Å². The van der Waals surface area contributed by atoms with Crippen molar-refractivity contribution in [1.29, 1.82) is 0 Å². The molecule has 1 aromatic rings. The van der Waals surface area contributed by atoms with Gasteiger partial charge in [-0.05, 0) is 13.3 Å². The summed E-state index contributed by atoms with van der Waals surface area (Å²) in [6.45, 7) is 4.23. The van der Waals surface area contributed by atoms with E-state index in [1.807, 2.05) is 13.1 Å². The summed E-state index contributed by atoms with van der Waals surface area (Å²) in [7, 11) is 0. The van der Waals surface area contributed by atoms with Crippen molar-refractivity contribution in [3.8, 4) is 0 Å². The minimum Gasteiger partial charge on any atom is -0.271 e. The molecule has 0 fully saturated rings. The van der Waals surface area contributed by atoms with Crippen molar-refractivity contribution in [3.05, 3.63) is 16.1 Å². The van der Waals surface area contributed by atoms with E-state index in [-0.39, 0.29) is 6.04 Å². The highest BCUT2D eigenvalue weighted by atomic mass is 32.1. The maximum Gasteiger partial charge on any atom is 0.0897 e. The molecule has 3 nitrogen and oxygen atoms in total. The van der Waals surface area contributed by atoms with Crippen molar-refractivity contribution < 1.29 is 0 Å². The molecule has 4 heteroatoms. The van der Waals surface area contributed by atoms with Gasteiger partial charge in [0.25, 0.3) is 0 Å². The largest absolute Gasteiger partial charge is 0.271 e. The maximum atomic E-state index is 5.53. The van der Waals surface area contributed by atoms with Gasteiger partial charge < -0.3 is 0 Å². The van der Waals surface area contributed by atoms with E-state index in [0.29, 0.717) is 0 Å². The molecular formula is C10H19N3S. The molecule has 1 atom stereocenters. The van der Waals surface area contributed by atoms with Crippen LogP contribution in [-0.2, 0) is 0 Å². The number of hydrogen-bond donors (Lipinski definition) is 2. The van der Waals surface area contributed by atoms with Gasteiger partial charge in [-0.2, -0.15) is 0 Å². The summed E-state index contributed by atoms with van der Waals surface area (Å²) in [6.07, 6.45) is 6.78. The summed E-state index contributed by atoms with van der Waals surface area (Å²) < 4.78 is 0. The molecule has 0 spiro atoms. The van der Waals surface area contributed by atoms with Gasteiger partial charge in [-0.3, -0.25) is 11.3 Å². The van der Waals surface area contributed by atoms with Crippen molar-refractivity contribution in [2.24, 2.45) is 5.84 Å². The Balaban J connectivity index is 2.45. The second kappa shape index (κ2) is 6.11. The van der Waals surface area contributed by atoms with Gasteiger partial charge in [0, 0.05) is 11.1 Å². The van der Waals surface area contributed by atoms with Crippen LogP contribution in [-0.4, -0.2) is 4.98 Å². The van der Waals surface area contributed by atoms with E-state index in [1.165, 1.54) is 24.1 Å². The van der Waals surface area contributed by atoms with E-state index in [4.69, 9.17) is 5.84 Å². The Morgan fingerprint density at radius 2 is 2.36 bits per heavy atom. The molecule has 0 aliphatic carbocycles. The lowest BCUT2D eigenvalue weighted by Crippen LogP contribution is -2.27. The molecule has 14 heavy (non-hydrogen) atoms. The Bertz CT molecular complexity index is 260. The van der Waals surface area contributed by atoms with Gasteiger partial charge in [0.1, 0.15) is 0 Å². The molecule has 1 heterocycles. The summed E-state index contributed by atoms with van der Waals surface area (Å²) in [5, 5.41) is 1.11. The number of hydrogen-bond acceptors (Lipinski definition) is 4. The molecule has 0 radical (unpaired) electrons. The zero-order valence-corrected chi connectivity index (χ0v) is 9.73. The predicted molar refractivity (Wildman–Crippen MR) is 61.1 cm³/mol. The van der Waals surface area contributed by atoms with Crippen LogP contribution in [0.4, 0.5) is 0 Å². The molecule has 3 N–H and O–H groups in total. The molecule has 80 valence electrons. The van der Waals surface area contributed by atoms with Crippen LogP contribution in [0.15, 0.2) is 6.20 Å². The van der Waals surface area contributed by atoms with Crippen LogP contribution in [0.25, 0.3) is 0 Å². The molecule has 0 aliphatic heterocycles. The maximum absolute atomic E-state index is 5.53. The van der Waals surface area contributed by atoms with Crippen LogP contribution >= 0.6 is 11.3 Å². The summed E-state index contributed by atoms with van der Waals surface area (Å²) in [5.41, 5.74) is 2.86. The number of aromatic nitrogens is 1. The number of thiazole rings is 1. The van der Waals surface area contributed by atoms with Gasteiger partial charge in [0.15, 0.2) is 0 Å². The number of unbranched alkanes of at least 4 members (excludes halogenated alkanes) is 2. The molecule has 0 aromatic carbocycles. The van der Waals surface area contributed by atoms with E-state index >= 15 is 0 Å². The lowest BCUT2D eigenvalue weighted by molar-refractivity contribution is 0.492. The van der Waals surface area contributed by atoms with Crippen molar-refractivity contribution in [1.82, 2.24) is 10.4 Å². The molecular weight excluding hydrogens is 194 g/mol. The van der Waals surface area contributed by atoms with Crippen LogP contribution in [0, 0.1) is 6.92 Å². The molecule has 1 aromatic heterocycles. The van der Waals surface area contributed by atoms with Gasteiger partial charge in [-0.15, -0.1) is 11.3 Å². The summed E-state index contributed by atoms with van der Waals surface area (Å²) >= 11 is 1.72. The first-order valence-electron chi connectivity index (χ1n) is 5.16. The zero-order chi connectivity index (χ0) is 10.4. The molecule has 1 rings (SSSR count). The number of nitrogens with one attached hydrogen (secondary N) is 1. The highest BCUT2D eigenvalue weighted by Crippen LogP contribution is 2.24. The van der Waals surface area contributed by atoms with E-state index in [2.05, 4.69) is 17.3 Å². The summed E-state index contributed by atoms with van der Waals surface area (Å²) in [5.74, 6) is 5.53. The average Bonchev–Trinajstić information content (AvgIpc) is 2.60. The second-order valence-corrected chi connectivity index (χ2v) is 4.76. The van der Waals surface area contributed by atoms with E-state index in [9.17, 15) is 0 Å². The number of hydrazine groups is 1. The van der Waals surface area contributed by atoms with Gasteiger partial charge in [-0.1, -0.05) is 26.2 Å². The van der Waals surface area contributed by atoms with Gasteiger partial charge >= 0.3 is 0 Å². The van der Waals surface area contributed by atoms with Crippen molar-refractivity contribution >= 4 is 11.3 Å². The third-order valence-corrected chi connectivity index (χ3v) is 3.31. The van der Waals surface area contributed by atoms with E-state index < -0.39 is 0 Å². The minimum absolute atomic E-state index is 0.285. The first-order chi connectivity index (χ1) is 6.77. The van der Waals surface area contributed by atoms with Crippen molar-refractivity contribution in [2.45, 2.75) is 45.6 Å². The Labute approximate surface area is 89.7 Å². The van der Waals surface area contributed by atoms with Crippen LogP contribution in [0.1, 0.15) is 48.5 Å². The first-order valence-corrected chi connectivity index (χ1v) is 5.98. The van der Waals surface area contributed by atoms with Crippen LogP contribution in [0.2, 0.25) is 0 Å². The smallest absolute Gasteiger partial charge is 0.0897 e. The van der Waals surface area contributed by atoms with Gasteiger partial charge in [-0.25, -0.2) is 4.98 Å². The minimum atomic E-state index is 0.285. The average molecular weight is 213 g/mol. The molecule has 1 unspecified atom stereocenters. The highest BCUT2D eigenvalue weighted by Gasteiger charge is 2.11. The first kappa shape index (κ1) is 11.6. The van der Waals surface area contributed by atoms with Crippen LogP contribution in [0.3, 0.4) is 0 Å². The Morgan fingerprint density at radius 3 is 2.86 bits per heavy atom. The number of rotatable bonds is 6. The third kappa shape index (κ3) is 3.36. The molecule has 0 amide bonds. The standard InChI is InChI=1S/C10H19N3S/c1-3-4-5-6-9(13-11)10-7-12-8(2)14-10/h7,9,13H,3-6,11H2,1-2H3. The number of aryl methyl sites for hydroxylation is 1. The fraction of sp³-hybridized carbons (Fsp3) is 0.700. The Hall–Kier alpha value is -0.450. The Kier molecular flexibility index (Phi) is 5.07. The number of nitrogens with zero attached hydrogens (tertiary/aromatic N) is 1. The Morgan fingerprint density at radius 1 is 1.57 bits per heavy atom. The topological polar surface area (TPSA) is 50.9 Å². The van der Waals surface area contributed by atoms with Crippen LogP contribution in [0.5, 0.6) is 0 Å². The molecule has 0 saturated heterocycles. The fourth-order valence-corrected chi connectivity index (χ4v) is 2.33. The predicted octanol–water partition coefficient (Wildman–Crippen LogP) is 2.54. The molecule has 0 aliphatic rings. The monoisotopic (exact) mass is 213 g/mol.